The molecule has 0 amide bonds. The second kappa shape index (κ2) is 2.60. The van der Waals surface area contributed by atoms with Crippen LogP contribution < -0.4 is 5.73 Å². The molecule has 0 unspecified atom stereocenters. The maximum Gasteiger partial charge on any atom is 0.153 e. The van der Waals surface area contributed by atoms with Gasteiger partial charge < -0.3 is 10.8 Å². The molecule has 2 nitrogen and oxygen atoms in total. The Morgan fingerprint density at radius 3 is 2.60 bits per heavy atom. The van der Waals surface area contributed by atoms with Gasteiger partial charge >= 0.3 is 0 Å². The summed E-state index contributed by atoms with van der Waals surface area (Å²) in [6.07, 6.45) is 0. The SMILES string of the molecule is Nc1ccc(Cl)c(S)c1O. The van der Waals surface area contributed by atoms with Gasteiger partial charge in [0.25, 0.3) is 0 Å². The largest absolute Gasteiger partial charge is 0.505 e. The smallest absolute Gasteiger partial charge is 0.153 e. The summed E-state index contributed by atoms with van der Waals surface area (Å²) in [5, 5.41) is 9.50. The predicted molar refractivity (Wildman–Crippen MR) is 44.8 cm³/mol. The number of thiol groups is 1. The highest BCUT2D eigenvalue weighted by Gasteiger charge is 2.04. The standard InChI is InChI=1S/C6H6ClNOS/c7-3-1-2-4(8)5(9)6(3)10/h1-2,9-10H,8H2. The molecule has 0 radical (unpaired) electrons. The van der Waals surface area contributed by atoms with Crippen LogP contribution in [0.3, 0.4) is 0 Å². The first-order valence-corrected chi connectivity index (χ1v) is 3.41. The van der Waals surface area contributed by atoms with Crippen LogP contribution >= 0.6 is 24.2 Å². The minimum atomic E-state index is -0.0594. The summed E-state index contributed by atoms with van der Waals surface area (Å²) in [5.41, 5.74) is 5.62. The van der Waals surface area contributed by atoms with Crippen molar-refractivity contribution >= 4 is 29.9 Å². The Kier molecular flexibility index (Phi) is 1.97. The number of anilines is 1. The highest BCUT2D eigenvalue weighted by atomic mass is 35.5. The maximum atomic E-state index is 9.10. The molecule has 0 atom stereocenters. The molecule has 4 heteroatoms. The predicted octanol–water partition coefficient (Wildman–Crippen LogP) is 1.92. The van der Waals surface area contributed by atoms with Gasteiger partial charge in [0.05, 0.1) is 15.6 Å². The third-order valence-corrected chi connectivity index (χ3v) is 2.03. The molecule has 54 valence electrons. The zero-order valence-corrected chi connectivity index (χ0v) is 6.65. The quantitative estimate of drug-likeness (QED) is 0.321. The second-order valence-corrected chi connectivity index (χ2v) is 2.69. The van der Waals surface area contributed by atoms with Crippen molar-refractivity contribution in [1.82, 2.24) is 0 Å². The van der Waals surface area contributed by atoms with Crippen molar-refractivity contribution < 1.29 is 5.11 Å². The monoisotopic (exact) mass is 175 g/mol. The van der Waals surface area contributed by atoms with Gasteiger partial charge in [-0.1, -0.05) is 11.6 Å². The van der Waals surface area contributed by atoms with Crippen LogP contribution in [0.4, 0.5) is 5.69 Å². The van der Waals surface area contributed by atoms with E-state index in [0.29, 0.717) is 9.92 Å². The van der Waals surface area contributed by atoms with Crippen LogP contribution in [0.15, 0.2) is 17.0 Å². The van der Waals surface area contributed by atoms with Crippen LogP contribution in [-0.2, 0) is 0 Å². The lowest BCUT2D eigenvalue weighted by atomic mass is 10.3. The minimum Gasteiger partial charge on any atom is -0.505 e. The van der Waals surface area contributed by atoms with E-state index in [2.05, 4.69) is 12.6 Å². The van der Waals surface area contributed by atoms with Crippen LogP contribution in [0.25, 0.3) is 0 Å². The van der Waals surface area contributed by atoms with Crippen molar-refractivity contribution in [2.75, 3.05) is 5.73 Å². The van der Waals surface area contributed by atoms with Gasteiger partial charge in [-0.05, 0) is 12.1 Å². The Balaban J connectivity index is 3.34. The van der Waals surface area contributed by atoms with Gasteiger partial charge in [0.1, 0.15) is 0 Å². The Morgan fingerprint density at radius 2 is 2.10 bits per heavy atom. The van der Waals surface area contributed by atoms with Crippen molar-refractivity contribution in [1.29, 1.82) is 0 Å². The number of hydrogen-bond acceptors (Lipinski definition) is 3. The van der Waals surface area contributed by atoms with E-state index in [0.717, 1.165) is 0 Å². The second-order valence-electron chi connectivity index (χ2n) is 1.83. The van der Waals surface area contributed by atoms with Crippen LogP contribution in [0.2, 0.25) is 5.02 Å². The van der Waals surface area contributed by atoms with E-state index in [9.17, 15) is 0 Å². The maximum absolute atomic E-state index is 9.10. The molecule has 0 aliphatic carbocycles. The summed E-state index contributed by atoms with van der Waals surface area (Å²) < 4.78 is 0. The molecule has 1 rings (SSSR count). The third-order valence-electron chi connectivity index (χ3n) is 1.13. The molecule has 0 aromatic heterocycles. The lowest BCUT2D eigenvalue weighted by Gasteiger charge is -2.01. The highest BCUT2D eigenvalue weighted by Crippen LogP contribution is 2.33. The number of phenols is 1. The molecule has 0 heterocycles. The first-order chi connectivity index (χ1) is 4.63. The molecular weight excluding hydrogens is 170 g/mol. The van der Waals surface area contributed by atoms with Gasteiger partial charge in [-0.2, -0.15) is 0 Å². The first-order valence-electron chi connectivity index (χ1n) is 2.59. The van der Waals surface area contributed by atoms with Crippen LogP contribution in [0.5, 0.6) is 5.75 Å². The molecule has 0 spiro atoms. The molecule has 10 heavy (non-hydrogen) atoms. The Labute approximate surface area is 69.0 Å². The van der Waals surface area contributed by atoms with E-state index in [-0.39, 0.29) is 11.4 Å². The van der Waals surface area contributed by atoms with Crippen molar-refractivity contribution in [3.63, 3.8) is 0 Å². The van der Waals surface area contributed by atoms with Crippen molar-refractivity contribution in [2.45, 2.75) is 4.90 Å². The normalized spacial score (nSPS) is 9.80. The van der Waals surface area contributed by atoms with E-state index < -0.39 is 0 Å². The van der Waals surface area contributed by atoms with E-state index in [4.69, 9.17) is 22.4 Å². The van der Waals surface area contributed by atoms with Crippen LogP contribution in [0, 0.1) is 0 Å². The summed E-state index contributed by atoms with van der Waals surface area (Å²) in [6, 6.07) is 3.11. The number of halogens is 1. The van der Waals surface area contributed by atoms with Crippen molar-refractivity contribution in [2.24, 2.45) is 0 Å². The average Bonchev–Trinajstić information content (AvgIpc) is 1.93. The van der Waals surface area contributed by atoms with Crippen molar-refractivity contribution in [3.8, 4) is 5.75 Å². The summed E-state index contributed by atoms with van der Waals surface area (Å²) in [6.45, 7) is 0. The highest BCUT2D eigenvalue weighted by molar-refractivity contribution is 7.80. The van der Waals surface area contributed by atoms with Gasteiger partial charge in [-0.3, -0.25) is 0 Å². The summed E-state index contributed by atoms with van der Waals surface area (Å²) >= 11 is 9.51. The lowest BCUT2D eigenvalue weighted by Crippen LogP contribution is -1.85. The van der Waals surface area contributed by atoms with Gasteiger partial charge in [-0.15, -0.1) is 12.6 Å². The summed E-state index contributed by atoms with van der Waals surface area (Å²) in [7, 11) is 0. The zero-order chi connectivity index (χ0) is 7.72. The van der Waals surface area contributed by atoms with E-state index in [1.807, 2.05) is 0 Å². The topological polar surface area (TPSA) is 46.2 Å². The average molecular weight is 176 g/mol. The molecule has 0 aliphatic heterocycles. The molecule has 0 bridgehead atoms. The number of hydrogen-bond donors (Lipinski definition) is 3. The van der Waals surface area contributed by atoms with Crippen molar-refractivity contribution in [3.05, 3.63) is 17.2 Å². The summed E-state index contributed by atoms with van der Waals surface area (Å²) in [5.74, 6) is -0.0594. The number of nitrogen functional groups attached to an aromatic ring is 1. The third kappa shape index (κ3) is 1.15. The molecular formula is C6H6ClNOS. The molecule has 0 fully saturated rings. The fourth-order valence-electron chi connectivity index (χ4n) is 0.571. The zero-order valence-electron chi connectivity index (χ0n) is 5.00. The Bertz CT molecular complexity index is 237. The molecule has 0 saturated heterocycles. The molecule has 0 saturated carbocycles. The lowest BCUT2D eigenvalue weighted by molar-refractivity contribution is 0.465. The Hall–Kier alpha value is -0.540. The van der Waals surface area contributed by atoms with Gasteiger partial charge in [-0.25, -0.2) is 0 Å². The van der Waals surface area contributed by atoms with Crippen LogP contribution in [0.1, 0.15) is 0 Å². The minimum absolute atomic E-state index is 0.0594. The van der Waals surface area contributed by atoms with E-state index >= 15 is 0 Å². The van der Waals surface area contributed by atoms with Gasteiger partial charge in [0, 0.05) is 0 Å². The number of phenolic OH excluding ortho intramolecular Hbond substituents is 1. The number of benzene rings is 1. The number of nitrogens with two attached hydrogens (primary N) is 1. The van der Waals surface area contributed by atoms with Crippen LogP contribution in [-0.4, -0.2) is 5.11 Å². The first kappa shape index (κ1) is 7.57. The van der Waals surface area contributed by atoms with Gasteiger partial charge in [0.15, 0.2) is 5.75 Å². The summed E-state index contributed by atoms with van der Waals surface area (Å²) in [4.78, 5) is 0.321. The number of aromatic hydroxyl groups is 1. The Morgan fingerprint density at radius 1 is 1.50 bits per heavy atom. The number of rotatable bonds is 0. The molecule has 0 aliphatic rings. The van der Waals surface area contributed by atoms with Gasteiger partial charge in [0.2, 0.25) is 0 Å². The molecule has 3 N–H and O–H groups in total. The van der Waals surface area contributed by atoms with E-state index in [1.54, 1.807) is 6.07 Å². The fourth-order valence-corrected chi connectivity index (χ4v) is 0.927. The van der Waals surface area contributed by atoms with E-state index in [1.165, 1.54) is 6.07 Å². The molecule has 1 aromatic carbocycles. The fraction of sp³-hybridized carbons (Fsp3) is 0. The molecule has 1 aromatic rings.